The SMILES string of the molecule is O=C(O)CC(O)c1ccc(-n2cccn2)cc1. The van der Waals surface area contributed by atoms with E-state index in [2.05, 4.69) is 5.10 Å². The number of rotatable bonds is 4. The van der Waals surface area contributed by atoms with Gasteiger partial charge < -0.3 is 10.2 Å². The second kappa shape index (κ2) is 4.80. The average Bonchev–Trinajstić information content (AvgIpc) is 2.82. The van der Waals surface area contributed by atoms with Gasteiger partial charge in [0.05, 0.1) is 18.2 Å². The predicted molar refractivity (Wildman–Crippen MR) is 60.8 cm³/mol. The van der Waals surface area contributed by atoms with Gasteiger partial charge in [-0.2, -0.15) is 5.10 Å². The minimum Gasteiger partial charge on any atom is -0.481 e. The lowest BCUT2D eigenvalue weighted by Gasteiger charge is -2.09. The summed E-state index contributed by atoms with van der Waals surface area (Å²) in [5, 5.41) is 22.3. The van der Waals surface area contributed by atoms with E-state index in [0.717, 1.165) is 5.69 Å². The standard InChI is InChI=1S/C12H12N2O3/c15-11(8-12(16)17)9-2-4-10(5-3-9)14-7-1-6-13-14/h1-7,11,15H,8H2,(H,16,17). The number of hydrogen-bond acceptors (Lipinski definition) is 3. The number of aliphatic hydroxyl groups is 1. The van der Waals surface area contributed by atoms with Crippen LogP contribution < -0.4 is 0 Å². The Morgan fingerprint density at radius 3 is 2.59 bits per heavy atom. The van der Waals surface area contributed by atoms with E-state index >= 15 is 0 Å². The highest BCUT2D eigenvalue weighted by Gasteiger charge is 2.11. The first-order valence-electron chi connectivity index (χ1n) is 5.16. The Balaban J connectivity index is 2.15. The van der Waals surface area contributed by atoms with Crippen molar-refractivity contribution in [3.63, 3.8) is 0 Å². The van der Waals surface area contributed by atoms with Gasteiger partial charge in [-0.05, 0) is 23.8 Å². The Hall–Kier alpha value is -2.14. The van der Waals surface area contributed by atoms with Crippen LogP contribution >= 0.6 is 0 Å². The van der Waals surface area contributed by atoms with Gasteiger partial charge in [0.15, 0.2) is 0 Å². The molecular weight excluding hydrogens is 220 g/mol. The molecule has 5 heteroatoms. The monoisotopic (exact) mass is 232 g/mol. The quantitative estimate of drug-likeness (QED) is 0.835. The molecule has 2 rings (SSSR count). The number of aliphatic carboxylic acids is 1. The van der Waals surface area contributed by atoms with E-state index in [1.165, 1.54) is 0 Å². The van der Waals surface area contributed by atoms with E-state index in [0.29, 0.717) is 5.56 Å². The third-order valence-electron chi connectivity index (χ3n) is 2.41. The molecule has 0 bridgehead atoms. The van der Waals surface area contributed by atoms with Crippen molar-refractivity contribution in [2.75, 3.05) is 0 Å². The van der Waals surface area contributed by atoms with Crippen molar-refractivity contribution in [2.45, 2.75) is 12.5 Å². The van der Waals surface area contributed by atoms with Gasteiger partial charge in [-0.3, -0.25) is 4.79 Å². The number of carboxylic acid groups (broad SMARTS) is 1. The highest BCUT2D eigenvalue weighted by atomic mass is 16.4. The summed E-state index contributed by atoms with van der Waals surface area (Å²) in [6.45, 7) is 0. The Bertz CT molecular complexity index is 491. The molecule has 17 heavy (non-hydrogen) atoms. The van der Waals surface area contributed by atoms with Crippen LogP contribution in [0.25, 0.3) is 5.69 Å². The van der Waals surface area contributed by atoms with Gasteiger partial charge in [0.2, 0.25) is 0 Å². The van der Waals surface area contributed by atoms with Crippen LogP contribution in [0.15, 0.2) is 42.7 Å². The molecule has 1 heterocycles. The van der Waals surface area contributed by atoms with Crippen LogP contribution in [0.5, 0.6) is 0 Å². The normalized spacial score (nSPS) is 12.3. The summed E-state index contributed by atoms with van der Waals surface area (Å²) in [5.74, 6) is -1.02. The molecular formula is C12H12N2O3. The number of aromatic nitrogens is 2. The number of nitrogens with zero attached hydrogens (tertiary/aromatic N) is 2. The molecule has 0 aliphatic heterocycles. The second-order valence-corrected chi connectivity index (χ2v) is 3.66. The molecule has 5 nitrogen and oxygen atoms in total. The zero-order valence-corrected chi connectivity index (χ0v) is 9.02. The molecule has 0 fully saturated rings. The lowest BCUT2D eigenvalue weighted by atomic mass is 10.1. The minimum absolute atomic E-state index is 0.291. The van der Waals surface area contributed by atoms with E-state index in [9.17, 15) is 9.90 Å². The third-order valence-corrected chi connectivity index (χ3v) is 2.41. The fourth-order valence-electron chi connectivity index (χ4n) is 1.55. The highest BCUT2D eigenvalue weighted by molar-refractivity contribution is 5.67. The minimum atomic E-state index is -1.02. The molecule has 1 unspecified atom stereocenters. The maximum atomic E-state index is 10.5. The highest BCUT2D eigenvalue weighted by Crippen LogP contribution is 2.18. The largest absolute Gasteiger partial charge is 0.481 e. The van der Waals surface area contributed by atoms with Gasteiger partial charge >= 0.3 is 5.97 Å². The fourth-order valence-corrected chi connectivity index (χ4v) is 1.55. The molecule has 0 spiro atoms. The van der Waals surface area contributed by atoms with Crippen LogP contribution in [0.2, 0.25) is 0 Å². The van der Waals surface area contributed by atoms with Crippen LogP contribution in [-0.2, 0) is 4.79 Å². The maximum absolute atomic E-state index is 10.5. The lowest BCUT2D eigenvalue weighted by Crippen LogP contribution is -2.05. The molecule has 0 aliphatic rings. The van der Waals surface area contributed by atoms with Crippen molar-refractivity contribution in [3.8, 4) is 5.69 Å². The summed E-state index contributed by atoms with van der Waals surface area (Å²) in [7, 11) is 0. The number of aliphatic hydroxyl groups excluding tert-OH is 1. The van der Waals surface area contributed by atoms with Crippen molar-refractivity contribution in [3.05, 3.63) is 48.3 Å². The molecule has 2 N–H and O–H groups in total. The predicted octanol–water partition coefficient (Wildman–Crippen LogP) is 1.38. The van der Waals surface area contributed by atoms with Gasteiger partial charge in [0.25, 0.3) is 0 Å². The topological polar surface area (TPSA) is 75.3 Å². The Morgan fingerprint density at radius 1 is 1.35 bits per heavy atom. The molecule has 0 saturated carbocycles. The Labute approximate surface area is 97.9 Å². The van der Waals surface area contributed by atoms with Gasteiger partial charge in [0.1, 0.15) is 0 Å². The fraction of sp³-hybridized carbons (Fsp3) is 0.167. The molecule has 0 aliphatic carbocycles. The third kappa shape index (κ3) is 2.70. The van der Waals surface area contributed by atoms with E-state index < -0.39 is 12.1 Å². The number of carbonyl (C=O) groups is 1. The molecule has 0 radical (unpaired) electrons. The summed E-state index contributed by atoms with van der Waals surface area (Å²) >= 11 is 0. The van der Waals surface area contributed by atoms with Gasteiger partial charge in [0, 0.05) is 12.4 Å². The zero-order chi connectivity index (χ0) is 12.3. The summed E-state index contributed by atoms with van der Waals surface area (Å²) in [6, 6.07) is 8.78. The van der Waals surface area contributed by atoms with Crippen molar-refractivity contribution < 1.29 is 15.0 Å². The van der Waals surface area contributed by atoms with Crippen LogP contribution in [0, 0.1) is 0 Å². The van der Waals surface area contributed by atoms with Crippen LogP contribution in [0.3, 0.4) is 0 Å². The van der Waals surface area contributed by atoms with E-state index in [4.69, 9.17) is 5.11 Å². The van der Waals surface area contributed by atoms with E-state index in [1.807, 2.05) is 12.3 Å². The van der Waals surface area contributed by atoms with Crippen molar-refractivity contribution >= 4 is 5.97 Å². The zero-order valence-electron chi connectivity index (χ0n) is 9.02. The van der Waals surface area contributed by atoms with Crippen molar-refractivity contribution in [1.82, 2.24) is 9.78 Å². The molecule has 2 aromatic rings. The number of hydrogen-bond donors (Lipinski definition) is 2. The first kappa shape index (κ1) is 11.3. The van der Waals surface area contributed by atoms with Crippen molar-refractivity contribution in [2.24, 2.45) is 0 Å². The molecule has 88 valence electrons. The van der Waals surface area contributed by atoms with Crippen LogP contribution in [0.1, 0.15) is 18.1 Å². The number of carboxylic acids is 1. The summed E-state index contributed by atoms with van der Waals surface area (Å²) in [4.78, 5) is 10.5. The summed E-state index contributed by atoms with van der Waals surface area (Å²) in [5.41, 5.74) is 1.45. The molecule has 1 atom stereocenters. The second-order valence-electron chi connectivity index (χ2n) is 3.66. The average molecular weight is 232 g/mol. The van der Waals surface area contributed by atoms with E-state index in [1.54, 1.807) is 35.1 Å². The first-order chi connectivity index (χ1) is 8.16. The van der Waals surface area contributed by atoms with Gasteiger partial charge in [-0.1, -0.05) is 12.1 Å². The van der Waals surface area contributed by atoms with Crippen LogP contribution in [0.4, 0.5) is 0 Å². The van der Waals surface area contributed by atoms with Gasteiger partial charge in [-0.25, -0.2) is 4.68 Å². The smallest absolute Gasteiger partial charge is 0.306 e. The summed E-state index contributed by atoms with van der Waals surface area (Å²) in [6.07, 6.45) is 2.22. The molecule has 1 aromatic carbocycles. The molecule has 1 aromatic heterocycles. The molecule has 0 saturated heterocycles. The lowest BCUT2D eigenvalue weighted by molar-refractivity contribution is -0.139. The Morgan fingerprint density at radius 2 is 2.06 bits per heavy atom. The summed E-state index contributed by atoms with van der Waals surface area (Å²) < 4.78 is 1.69. The van der Waals surface area contributed by atoms with Crippen LogP contribution in [-0.4, -0.2) is 26.0 Å². The maximum Gasteiger partial charge on any atom is 0.306 e. The van der Waals surface area contributed by atoms with E-state index in [-0.39, 0.29) is 6.42 Å². The van der Waals surface area contributed by atoms with Gasteiger partial charge in [-0.15, -0.1) is 0 Å². The Kier molecular flexibility index (Phi) is 3.20. The number of benzene rings is 1. The first-order valence-corrected chi connectivity index (χ1v) is 5.16. The molecule has 0 amide bonds. The van der Waals surface area contributed by atoms with Crippen molar-refractivity contribution in [1.29, 1.82) is 0 Å².